The summed E-state index contributed by atoms with van der Waals surface area (Å²) in [5.41, 5.74) is 9.96. The number of benzene rings is 1. The summed E-state index contributed by atoms with van der Waals surface area (Å²) in [6.45, 7) is 10.5. The van der Waals surface area contributed by atoms with Crippen molar-refractivity contribution >= 4 is 22.4 Å². The van der Waals surface area contributed by atoms with Gasteiger partial charge in [0.05, 0.1) is 11.2 Å². The van der Waals surface area contributed by atoms with Gasteiger partial charge in [-0.3, -0.25) is 15.0 Å². The predicted molar refractivity (Wildman–Crippen MR) is 135 cm³/mol. The van der Waals surface area contributed by atoms with Crippen LogP contribution < -0.4 is 10.5 Å². The van der Waals surface area contributed by atoms with Crippen molar-refractivity contribution in [3.63, 3.8) is 0 Å². The molecule has 2 aliphatic rings. The molecule has 3 heterocycles. The minimum absolute atomic E-state index is 0.0394. The smallest absolute Gasteiger partial charge is 0.130 e. The van der Waals surface area contributed by atoms with E-state index in [9.17, 15) is 0 Å². The Balaban J connectivity index is 1.31. The highest BCUT2D eigenvalue weighted by molar-refractivity contribution is 6.02. The molecule has 0 bridgehead atoms. The van der Waals surface area contributed by atoms with E-state index in [4.69, 9.17) is 10.5 Å². The normalized spacial score (nSPS) is 18.8. The summed E-state index contributed by atoms with van der Waals surface area (Å²) >= 11 is 0. The molecule has 1 aliphatic carbocycles. The molecule has 8 nitrogen and oxygen atoms in total. The summed E-state index contributed by atoms with van der Waals surface area (Å²) in [7, 11) is 0. The van der Waals surface area contributed by atoms with Crippen LogP contribution in [0.3, 0.4) is 0 Å². The molecule has 0 amide bonds. The Hall–Kier alpha value is -3.65. The summed E-state index contributed by atoms with van der Waals surface area (Å²) in [6.07, 6.45) is 9.31. The van der Waals surface area contributed by atoms with Gasteiger partial charge in [-0.15, -0.1) is 0 Å². The lowest BCUT2D eigenvalue weighted by atomic mass is 10.1. The molecule has 1 aliphatic heterocycles. The highest BCUT2D eigenvalue weighted by Gasteiger charge is 2.40. The molecule has 0 spiro atoms. The number of piperazine rings is 1. The summed E-state index contributed by atoms with van der Waals surface area (Å²) in [6, 6.07) is 10.1. The number of fused-ring (bicyclic) bond motifs is 1. The fraction of sp³-hybridized carbons (Fsp3) is 0.346. The number of nitrogens with two attached hydrogens (primary N) is 1. The van der Waals surface area contributed by atoms with Crippen LogP contribution in [0.25, 0.3) is 16.6 Å². The molecular weight excluding hydrogens is 426 g/mol. The number of nitrogens with zero attached hydrogens (tertiary/aromatic N) is 5. The van der Waals surface area contributed by atoms with E-state index in [0.29, 0.717) is 11.4 Å². The van der Waals surface area contributed by atoms with Gasteiger partial charge in [-0.2, -0.15) is 5.10 Å². The Morgan fingerprint density at radius 2 is 1.97 bits per heavy atom. The Labute approximate surface area is 199 Å². The van der Waals surface area contributed by atoms with Gasteiger partial charge >= 0.3 is 0 Å². The van der Waals surface area contributed by atoms with Gasteiger partial charge in [0.15, 0.2) is 0 Å². The van der Waals surface area contributed by atoms with E-state index in [2.05, 4.69) is 55.6 Å². The highest BCUT2D eigenvalue weighted by Crippen LogP contribution is 2.40. The minimum atomic E-state index is -0.0394. The number of hydrogen-bond donors (Lipinski definition) is 2. The van der Waals surface area contributed by atoms with Crippen LogP contribution in [0.2, 0.25) is 0 Å². The predicted octanol–water partition coefficient (Wildman–Crippen LogP) is 3.55. The third-order valence-corrected chi connectivity index (χ3v) is 6.49. The Kier molecular flexibility index (Phi) is 6.06. The zero-order valence-electron chi connectivity index (χ0n) is 19.6. The molecule has 3 N–H and O–H groups in total. The van der Waals surface area contributed by atoms with Gasteiger partial charge in [0, 0.05) is 62.8 Å². The Morgan fingerprint density at radius 1 is 1.21 bits per heavy atom. The van der Waals surface area contributed by atoms with Crippen molar-refractivity contribution < 1.29 is 4.74 Å². The van der Waals surface area contributed by atoms with Crippen LogP contribution in [0, 0.1) is 0 Å². The second kappa shape index (κ2) is 9.30. The maximum absolute atomic E-state index is 6.54. The molecule has 176 valence electrons. The van der Waals surface area contributed by atoms with Crippen LogP contribution in [0.1, 0.15) is 31.0 Å². The number of aromatic amines is 1. The maximum atomic E-state index is 6.54. The van der Waals surface area contributed by atoms with E-state index in [1.54, 1.807) is 6.20 Å². The zero-order valence-corrected chi connectivity index (χ0v) is 19.6. The fourth-order valence-electron chi connectivity index (χ4n) is 4.23. The number of aromatic nitrogens is 3. The number of rotatable bonds is 7. The lowest BCUT2D eigenvalue weighted by Gasteiger charge is -2.35. The summed E-state index contributed by atoms with van der Waals surface area (Å²) in [4.78, 5) is 13.3. The van der Waals surface area contributed by atoms with Crippen molar-refractivity contribution in [2.45, 2.75) is 31.9 Å². The molecule has 34 heavy (non-hydrogen) atoms. The number of pyridine rings is 1. The van der Waals surface area contributed by atoms with Crippen molar-refractivity contribution in [2.24, 2.45) is 10.7 Å². The van der Waals surface area contributed by atoms with E-state index < -0.39 is 0 Å². The van der Waals surface area contributed by atoms with Crippen LogP contribution in [0.4, 0.5) is 0 Å². The molecule has 0 unspecified atom stereocenters. The molecule has 5 rings (SSSR count). The third kappa shape index (κ3) is 4.97. The largest absolute Gasteiger partial charge is 0.488 e. The van der Waals surface area contributed by atoms with Gasteiger partial charge in [0.2, 0.25) is 0 Å². The quantitative estimate of drug-likeness (QED) is 0.416. The highest BCUT2D eigenvalue weighted by atomic mass is 16.5. The van der Waals surface area contributed by atoms with Gasteiger partial charge < -0.3 is 15.4 Å². The van der Waals surface area contributed by atoms with Crippen molar-refractivity contribution in [1.82, 2.24) is 25.0 Å². The average Bonchev–Trinajstić information content (AvgIpc) is 3.41. The van der Waals surface area contributed by atoms with E-state index in [-0.39, 0.29) is 5.60 Å². The molecule has 1 saturated heterocycles. The number of amidine groups is 1. The molecule has 8 heteroatoms. The number of ether oxygens (including phenoxy) is 1. The molecule has 2 fully saturated rings. The van der Waals surface area contributed by atoms with Gasteiger partial charge in [0.1, 0.15) is 22.9 Å². The van der Waals surface area contributed by atoms with E-state index in [1.165, 1.54) is 5.56 Å². The average molecular weight is 458 g/mol. The topological polar surface area (TPSA) is 95.7 Å². The monoisotopic (exact) mass is 457 g/mol. The van der Waals surface area contributed by atoms with Crippen LogP contribution in [0.5, 0.6) is 5.75 Å². The van der Waals surface area contributed by atoms with Gasteiger partial charge in [-0.25, -0.2) is 4.99 Å². The van der Waals surface area contributed by atoms with Gasteiger partial charge in [0.25, 0.3) is 0 Å². The number of H-pyrrole nitrogens is 1. The Bertz CT molecular complexity index is 1220. The molecule has 2 aromatic heterocycles. The Morgan fingerprint density at radius 3 is 2.68 bits per heavy atom. The number of aliphatic imine (C=N–C) groups is 1. The van der Waals surface area contributed by atoms with E-state index in [0.717, 1.165) is 68.1 Å². The lowest BCUT2D eigenvalue weighted by Crippen LogP contribution is -2.48. The molecule has 1 aromatic carbocycles. The fourth-order valence-corrected chi connectivity index (χ4v) is 4.23. The summed E-state index contributed by atoms with van der Waals surface area (Å²) in [5.74, 6) is 1.64. The van der Waals surface area contributed by atoms with Crippen LogP contribution in [-0.2, 0) is 6.54 Å². The van der Waals surface area contributed by atoms with Crippen molar-refractivity contribution in [3.05, 3.63) is 72.8 Å². The van der Waals surface area contributed by atoms with Crippen molar-refractivity contribution in [3.8, 4) is 5.75 Å². The van der Waals surface area contributed by atoms with Crippen molar-refractivity contribution in [2.75, 3.05) is 26.2 Å². The van der Waals surface area contributed by atoms with Crippen LogP contribution >= 0.6 is 0 Å². The van der Waals surface area contributed by atoms with E-state index >= 15 is 0 Å². The van der Waals surface area contributed by atoms with E-state index in [1.807, 2.05) is 36.7 Å². The van der Waals surface area contributed by atoms with Gasteiger partial charge in [-0.05, 0) is 55.7 Å². The molecular formula is C26H31N7O. The van der Waals surface area contributed by atoms with Gasteiger partial charge in [-0.1, -0.05) is 6.58 Å². The first kappa shape index (κ1) is 22.2. The van der Waals surface area contributed by atoms with Crippen molar-refractivity contribution in [1.29, 1.82) is 0 Å². The van der Waals surface area contributed by atoms with Crippen LogP contribution in [0.15, 0.2) is 66.6 Å². The number of nitrogens with one attached hydrogen (secondary N) is 1. The molecule has 1 saturated carbocycles. The standard InChI is InChI=1S/C26H31N7O/c1-3-29-24(33-14-12-32(13-15-33)18-19-6-10-28-11-7-19)17-22(27)25-21-16-20(34-26(2)8-9-26)4-5-23(21)30-31-25/h3-7,10-11,16-17H,1,8-9,12-15,18,27H2,2H3,(H,30,31)/b22-17-,29-24+. The molecule has 3 aromatic rings. The van der Waals surface area contributed by atoms with Crippen LogP contribution in [-0.4, -0.2) is 62.6 Å². The minimum Gasteiger partial charge on any atom is -0.488 e. The second-order valence-corrected chi connectivity index (χ2v) is 9.22. The zero-order chi connectivity index (χ0) is 23.5. The first-order valence-electron chi connectivity index (χ1n) is 11.7. The SMILES string of the molecule is C=C/N=C(\C=C(/N)c1n[nH]c2ccc(OC3(C)CC3)cc12)N1CCN(Cc2ccncc2)CC1. The third-order valence-electron chi connectivity index (χ3n) is 6.49. The summed E-state index contributed by atoms with van der Waals surface area (Å²) < 4.78 is 6.14. The maximum Gasteiger partial charge on any atom is 0.130 e. The number of hydrogen-bond acceptors (Lipinski definition) is 6. The second-order valence-electron chi connectivity index (χ2n) is 9.22. The first-order valence-corrected chi connectivity index (χ1v) is 11.7. The molecule has 0 atom stereocenters. The molecule has 0 radical (unpaired) electrons. The summed E-state index contributed by atoms with van der Waals surface area (Å²) in [5, 5.41) is 8.50. The lowest BCUT2D eigenvalue weighted by molar-refractivity contribution is 0.176. The first-order chi connectivity index (χ1) is 16.5.